The summed E-state index contributed by atoms with van der Waals surface area (Å²) in [6.45, 7) is 4.64. The van der Waals surface area contributed by atoms with Crippen LogP contribution in [0.2, 0.25) is 0 Å². The summed E-state index contributed by atoms with van der Waals surface area (Å²) in [6.07, 6.45) is 7.23. The first-order chi connectivity index (χ1) is 9.97. The van der Waals surface area contributed by atoms with Gasteiger partial charge in [-0.05, 0) is 49.7 Å². The van der Waals surface area contributed by atoms with Gasteiger partial charge in [-0.2, -0.15) is 0 Å². The monoisotopic (exact) mass is 351 g/mol. The predicted octanol–water partition coefficient (Wildman–Crippen LogP) is 5.21. The van der Waals surface area contributed by atoms with Gasteiger partial charge in [0.15, 0.2) is 0 Å². The summed E-state index contributed by atoms with van der Waals surface area (Å²) in [4.78, 5) is 0. The summed E-state index contributed by atoms with van der Waals surface area (Å²) in [7, 11) is 0. The van der Waals surface area contributed by atoms with Crippen LogP contribution in [-0.2, 0) is 0 Å². The maximum atomic E-state index is 6.51. The van der Waals surface area contributed by atoms with E-state index in [1.165, 1.54) is 25.7 Å². The third kappa shape index (κ3) is 3.29. The molecule has 0 aromatic heterocycles. The Labute approximate surface area is 136 Å². The fourth-order valence-electron chi connectivity index (χ4n) is 4.28. The fourth-order valence-corrected chi connectivity index (χ4v) is 4.62. The molecule has 3 atom stereocenters. The van der Waals surface area contributed by atoms with Gasteiger partial charge in [0, 0.05) is 22.5 Å². The normalized spacial score (nSPS) is 32.0. The number of hydrogen-bond donors (Lipinski definition) is 1. The van der Waals surface area contributed by atoms with Crippen molar-refractivity contribution in [1.82, 2.24) is 0 Å². The molecular formula is C18H26BrNO. The van der Waals surface area contributed by atoms with Crippen LogP contribution < -0.4 is 10.5 Å². The molecule has 21 heavy (non-hydrogen) atoms. The summed E-state index contributed by atoms with van der Waals surface area (Å²) in [5, 5.41) is 0. The van der Waals surface area contributed by atoms with Gasteiger partial charge >= 0.3 is 0 Å². The number of ether oxygens (including phenoxy) is 1. The highest BCUT2D eigenvalue weighted by Crippen LogP contribution is 2.48. The molecule has 2 aliphatic rings. The molecule has 1 saturated carbocycles. The van der Waals surface area contributed by atoms with E-state index in [-0.39, 0.29) is 11.6 Å². The van der Waals surface area contributed by atoms with E-state index in [9.17, 15) is 0 Å². The van der Waals surface area contributed by atoms with Gasteiger partial charge in [-0.1, -0.05) is 42.3 Å². The average Bonchev–Trinajstić information content (AvgIpc) is 2.37. The van der Waals surface area contributed by atoms with Gasteiger partial charge in [0.25, 0.3) is 0 Å². The van der Waals surface area contributed by atoms with Crippen molar-refractivity contribution in [2.24, 2.45) is 17.6 Å². The zero-order chi connectivity index (χ0) is 15.0. The van der Waals surface area contributed by atoms with Gasteiger partial charge in [0.05, 0.1) is 0 Å². The molecule has 0 bridgehead atoms. The molecule has 2 N–H and O–H groups in total. The molecule has 3 heteroatoms. The van der Waals surface area contributed by atoms with Gasteiger partial charge in [-0.25, -0.2) is 0 Å². The van der Waals surface area contributed by atoms with Gasteiger partial charge in [-0.15, -0.1) is 0 Å². The summed E-state index contributed by atoms with van der Waals surface area (Å²) in [6, 6.07) is 6.36. The molecule has 116 valence electrons. The van der Waals surface area contributed by atoms with Crippen molar-refractivity contribution in [1.29, 1.82) is 0 Å². The molecular weight excluding hydrogens is 326 g/mol. The van der Waals surface area contributed by atoms with Crippen LogP contribution in [0.3, 0.4) is 0 Å². The van der Waals surface area contributed by atoms with Crippen LogP contribution in [0.25, 0.3) is 0 Å². The van der Waals surface area contributed by atoms with E-state index < -0.39 is 0 Å². The Balaban J connectivity index is 1.83. The third-order valence-corrected chi connectivity index (χ3v) is 5.50. The summed E-state index contributed by atoms with van der Waals surface area (Å²) < 4.78 is 7.58. The van der Waals surface area contributed by atoms with Crippen molar-refractivity contribution in [3.8, 4) is 5.75 Å². The Bertz CT molecular complexity index is 516. The minimum absolute atomic E-state index is 0.0228. The van der Waals surface area contributed by atoms with E-state index in [0.29, 0.717) is 0 Å². The van der Waals surface area contributed by atoms with Crippen molar-refractivity contribution >= 4 is 15.9 Å². The highest BCUT2D eigenvalue weighted by Gasteiger charge is 2.43. The first-order valence-electron chi connectivity index (χ1n) is 8.21. The maximum Gasteiger partial charge on any atom is 0.126 e. The Hall–Kier alpha value is -0.540. The second kappa shape index (κ2) is 5.92. The lowest BCUT2D eigenvalue weighted by Gasteiger charge is -2.46. The van der Waals surface area contributed by atoms with E-state index in [0.717, 1.165) is 40.5 Å². The van der Waals surface area contributed by atoms with E-state index in [1.807, 2.05) is 0 Å². The molecule has 1 aromatic rings. The number of halogens is 1. The van der Waals surface area contributed by atoms with Crippen molar-refractivity contribution in [2.75, 3.05) is 0 Å². The van der Waals surface area contributed by atoms with E-state index >= 15 is 0 Å². The van der Waals surface area contributed by atoms with E-state index in [2.05, 4.69) is 48.0 Å². The lowest BCUT2D eigenvalue weighted by atomic mass is 9.71. The Morgan fingerprint density at radius 1 is 1.38 bits per heavy atom. The molecule has 1 aromatic carbocycles. The molecule has 1 spiro atoms. The van der Waals surface area contributed by atoms with Gasteiger partial charge in [0.2, 0.25) is 0 Å². The van der Waals surface area contributed by atoms with E-state index in [4.69, 9.17) is 10.5 Å². The highest BCUT2D eigenvalue weighted by molar-refractivity contribution is 9.10. The molecule has 3 rings (SSSR count). The lowest BCUT2D eigenvalue weighted by molar-refractivity contribution is -0.0202. The number of hydrogen-bond acceptors (Lipinski definition) is 2. The highest BCUT2D eigenvalue weighted by atomic mass is 79.9. The topological polar surface area (TPSA) is 35.2 Å². The second-order valence-electron chi connectivity index (χ2n) is 7.37. The fraction of sp³-hybridized carbons (Fsp3) is 0.667. The van der Waals surface area contributed by atoms with Crippen molar-refractivity contribution < 1.29 is 4.74 Å². The number of fused-ring (bicyclic) bond motifs is 1. The quantitative estimate of drug-likeness (QED) is 0.793. The van der Waals surface area contributed by atoms with Crippen LogP contribution >= 0.6 is 15.9 Å². The summed E-state index contributed by atoms with van der Waals surface area (Å²) in [5.74, 6) is 2.55. The largest absolute Gasteiger partial charge is 0.487 e. The Morgan fingerprint density at radius 3 is 2.95 bits per heavy atom. The molecule has 0 radical (unpaired) electrons. The number of nitrogens with two attached hydrogens (primary N) is 1. The first kappa shape index (κ1) is 15.4. The van der Waals surface area contributed by atoms with Crippen LogP contribution in [0.4, 0.5) is 0 Å². The SMILES string of the molecule is CC(C)CC1CCCC2(C1)CC(N)c1ccc(Br)cc1O2. The van der Waals surface area contributed by atoms with Crippen molar-refractivity contribution in [2.45, 2.75) is 64.0 Å². The molecule has 3 unspecified atom stereocenters. The maximum absolute atomic E-state index is 6.51. The van der Waals surface area contributed by atoms with E-state index in [1.54, 1.807) is 0 Å². The van der Waals surface area contributed by atoms with Gasteiger partial charge in [-0.3, -0.25) is 0 Å². The zero-order valence-corrected chi connectivity index (χ0v) is 14.7. The lowest BCUT2D eigenvalue weighted by Crippen LogP contribution is -2.46. The molecule has 1 aliphatic carbocycles. The van der Waals surface area contributed by atoms with Crippen LogP contribution in [0.15, 0.2) is 22.7 Å². The van der Waals surface area contributed by atoms with Crippen molar-refractivity contribution in [3.05, 3.63) is 28.2 Å². The number of benzene rings is 1. The average molecular weight is 352 g/mol. The molecule has 0 amide bonds. The van der Waals surface area contributed by atoms with Crippen LogP contribution in [-0.4, -0.2) is 5.60 Å². The van der Waals surface area contributed by atoms with Gasteiger partial charge < -0.3 is 10.5 Å². The van der Waals surface area contributed by atoms with Crippen LogP contribution in [0.1, 0.15) is 64.0 Å². The predicted molar refractivity (Wildman–Crippen MR) is 90.5 cm³/mol. The third-order valence-electron chi connectivity index (χ3n) is 5.00. The molecule has 2 nitrogen and oxygen atoms in total. The second-order valence-corrected chi connectivity index (χ2v) is 8.29. The molecule has 1 heterocycles. The molecule has 1 aliphatic heterocycles. The minimum atomic E-state index is -0.0228. The summed E-state index contributed by atoms with van der Waals surface area (Å²) in [5.41, 5.74) is 7.59. The standard InChI is InChI=1S/C18H26BrNO/c1-12(2)8-13-4-3-7-18(10-13)11-16(20)15-6-5-14(19)9-17(15)21-18/h5-6,9,12-13,16H,3-4,7-8,10-11,20H2,1-2H3. The van der Waals surface area contributed by atoms with Gasteiger partial charge in [0.1, 0.15) is 11.4 Å². The zero-order valence-electron chi connectivity index (χ0n) is 13.1. The number of rotatable bonds is 2. The summed E-state index contributed by atoms with van der Waals surface area (Å²) >= 11 is 3.55. The first-order valence-corrected chi connectivity index (χ1v) is 9.01. The molecule has 1 fully saturated rings. The minimum Gasteiger partial charge on any atom is -0.487 e. The van der Waals surface area contributed by atoms with Crippen molar-refractivity contribution in [3.63, 3.8) is 0 Å². The smallest absolute Gasteiger partial charge is 0.126 e. The van der Waals surface area contributed by atoms with Crippen LogP contribution in [0, 0.1) is 11.8 Å². The Morgan fingerprint density at radius 2 is 2.19 bits per heavy atom. The van der Waals surface area contributed by atoms with Crippen LogP contribution in [0.5, 0.6) is 5.75 Å². The molecule has 0 saturated heterocycles. The Kier molecular flexibility index (Phi) is 4.33.